The highest BCUT2D eigenvalue weighted by Crippen LogP contribution is 2.32. The fraction of sp³-hybridized carbons (Fsp3) is 0.571. The molecule has 0 saturated heterocycles. The first-order valence-corrected chi connectivity index (χ1v) is 11.7. The molecule has 0 aromatic heterocycles. The Bertz CT molecular complexity index is 787. The molecular weight excluding hydrogens is 352 g/mol. The van der Waals surface area contributed by atoms with E-state index in [-0.39, 0.29) is 10.8 Å². The van der Waals surface area contributed by atoms with Gasteiger partial charge in [0.15, 0.2) is 0 Å². The summed E-state index contributed by atoms with van der Waals surface area (Å²) < 4.78 is 6.36. The minimum absolute atomic E-state index is 0.0401. The quantitative estimate of drug-likeness (QED) is 0.532. The Balaban J connectivity index is 1.40. The van der Waals surface area contributed by atoms with Crippen molar-refractivity contribution >= 4 is 0 Å². The first-order chi connectivity index (χ1) is 13.9. The van der Waals surface area contributed by atoms with Gasteiger partial charge in [0.1, 0.15) is 0 Å². The van der Waals surface area contributed by atoms with Crippen LogP contribution in [0, 0.1) is 0 Å². The van der Waals surface area contributed by atoms with E-state index in [9.17, 15) is 0 Å². The molecule has 0 heterocycles. The average molecular weight is 391 g/mol. The lowest BCUT2D eigenvalue weighted by Crippen LogP contribution is -2.30. The molecular formula is C28H38O. The lowest BCUT2D eigenvalue weighted by atomic mass is 9.80. The zero-order valence-electron chi connectivity index (χ0n) is 18.9. The minimum atomic E-state index is 0.0401. The molecule has 0 N–H and O–H groups in total. The van der Waals surface area contributed by atoms with E-state index in [4.69, 9.17) is 4.74 Å². The third-order valence-corrected chi connectivity index (χ3v) is 7.19. The van der Waals surface area contributed by atoms with Gasteiger partial charge in [-0.15, -0.1) is 0 Å². The molecule has 2 aromatic rings. The Morgan fingerprint density at radius 2 is 0.966 bits per heavy atom. The molecule has 2 aromatic carbocycles. The predicted octanol–water partition coefficient (Wildman–Crippen LogP) is 6.72. The Labute approximate surface area is 177 Å². The molecule has 0 bridgehead atoms. The van der Waals surface area contributed by atoms with Crippen LogP contribution in [-0.4, -0.2) is 13.2 Å². The van der Waals surface area contributed by atoms with Crippen LogP contribution in [0.1, 0.15) is 86.8 Å². The van der Waals surface area contributed by atoms with E-state index in [0.29, 0.717) is 0 Å². The second kappa shape index (κ2) is 8.26. The minimum Gasteiger partial charge on any atom is -0.380 e. The standard InChI is InChI=1S/C28H38O/c1-27(2,25-15-13-21-9-5-7-11-23(21)17-25)19-29-20-28(3,4)26-16-14-22-10-6-8-12-24(22)18-26/h13-18H,5-12,19-20H2,1-4H3. The maximum absolute atomic E-state index is 6.36. The van der Waals surface area contributed by atoms with E-state index < -0.39 is 0 Å². The van der Waals surface area contributed by atoms with Crippen LogP contribution < -0.4 is 0 Å². The van der Waals surface area contributed by atoms with Gasteiger partial charge in [-0.1, -0.05) is 64.1 Å². The number of ether oxygens (including phenoxy) is 1. The van der Waals surface area contributed by atoms with E-state index in [2.05, 4.69) is 64.1 Å². The molecule has 29 heavy (non-hydrogen) atoms. The van der Waals surface area contributed by atoms with Crippen molar-refractivity contribution in [3.05, 3.63) is 69.8 Å². The Morgan fingerprint density at radius 1 is 0.586 bits per heavy atom. The van der Waals surface area contributed by atoms with Crippen LogP contribution in [0.25, 0.3) is 0 Å². The van der Waals surface area contributed by atoms with Crippen molar-refractivity contribution in [3.63, 3.8) is 0 Å². The molecule has 0 amide bonds. The van der Waals surface area contributed by atoms with Gasteiger partial charge in [0.2, 0.25) is 0 Å². The molecule has 156 valence electrons. The summed E-state index contributed by atoms with van der Waals surface area (Å²) in [6.45, 7) is 10.8. The van der Waals surface area contributed by atoms with Crippen LogP contribution >= 0.6 is 0 Å². The highest BCUT2D eigenvalue weighted by atomic mass is 16.5. The second-order valence-corrected chi connectivity index (χ2v) is 10.6. The van der Waals surface area contributed by atoms with Gasteiger partial charge in [0.25, 0.3) is 0 Å². The summed E-state index contributed by atoms with van der Waals surface area (Å²) in [5.74, 6) is 0. The second-order valence-electron chi connectivity index (χ2n) is 10.6. The van der Waals surface area contributed by atoms with Gasteiger partial charge in [-0.25, -0.2) is 0 Å². The smallest absolute Gasteiger partial charge is 0.0558 e. The van der Waals surface area contributed by atoms with Crippen molar-refractivity contribution < 1.29 is 4.74 Å². The highest BCUT2D eigenvalue weighted by Gasteiger charge is 2.27. The van der Waals surface area contributed by atoms with Crippen LogP contribution in [0.4, 0.5) is 0 Å². The fourth-order valence-electron chi connectivity index (χ4n) is 5.04. The summed E-state index contributed by atoms with van der Waals surface area (Å²) in [5.41, 5.74) is 9.18. The Kier molecular flexibility index (Phi) is 5.89. The molecule has 0 radical (unpaired) electrons. The Morgan fingerprint density at radius 3 is 1.38 bits per heavy atom. The maximum atomic E-state index is 6.36. The van der Waals surface area contributed by atoms with Gasteiger partial charge in [-0.3, -0.25) is 0 Å². The summed E-state index contributed by atoms with van der Waals surface area (Å²) in [5, 5.41) is 0. The molecule has 0 aliphatic heterocycles. The molecule has 2 aliphatic rings. The van der Waals surface area contributed by atoms with Crippen LogP contribution in [0.5, 0.6) is 0 Å². The number of benzene rings is 2. The molecule has 0 spiro atoms. The van der Waals surface area contributed by atoms with Crippen LogP contribution in [0.15, 0.2) is 36.4 Å². The summed E-state index contributed by atoms with van der Waals surface area (Å²) in [6.07, 6.45) is 10.3. The summed E-state index contributed by atoms with van der Waals surface area (Å²) in [4.78, 5) is 0. The largest absolute Gasteiger partial charge is 0.380 e. The topological polar surface area (TPSA) is 9.23 Å². The van der Waals surface area contributed by atoms with Gasteiger partial charge in [0, 0.05) is 10.8 Å². The fourth-order valence-corrected chi connectivity index (χ4v) is 5.04. The SMILES string of the molecule is CC(C)(COCC(C)(C)c1ccc2c(c1)CCCC2)c1ccc2c(c1)CCCC2. The molecule has 0 unspecified atom stereocenters. The summed E-state index contributed by atoms with van der Waals surface area (Å²) in [6, 6.07) is 14.3. The number of aryl methyl sites for hydroxylation is 4. The monoisotopic (exact) mass is 390 g/mol. The van der Waals surface area contributed by atoms with Crippen molar-refractivity contribution in [2.24, 2.45) is 0 Å². The lowest BCUT2D eigenvalue weighted by Gasteiger charge is -2.31. The molecule has 0 fully saturated rings. The zero-order chi connectivity index (χ0) is 20.5. The first-order valence-electron chi connectivity index (χ1n) is 11.7. The van der Waals surface area contributed by atoms with E-state index in [1.807, 2.05) is 0 Å². The van der Waals surface area contributed by atoms with Crippen LogP contribution in [-0.2, 0) is 41.3 Å². The average Bonchev–Trinajstić information content (AvgIpc) is 2.72. The van der Waals surface area contributed by atoms with Crippen LogP contribution in [0.2, 0.25) is 0 Å². The number of hydrogen-bond acceptors (Lipinski definition) is 1. The summed E-state index contributed by atoms with van der Waals surface area (Å²) >= 11 is 0. The van der Waals surface area contributed by atoms with Gasteiger partial charge < -0.3 is 4.74 Å². The number of rotatable bonds is 6. The zero-order valence-corrected chi connectivity index (χ0v) is 18.9. The van der Waals surface area contributed by atoms with Gasteiger partial charge in [-0.2, -0.15) is 0 Å². The van der Waals surface area contributed by atoms with Crippen LogP contribution in [0.3, 0.4) is 0 Å². The normalized spacial score (nSPS) is 17.0. The molecule has 0 saturated carbocycles. The van der Waals surface area contributed by atoms with Gasteiger partial charge in [0.05, 0.1) is 13.2 Å². The summed E-state index contributed by atoms with van der Waals surface area (Å²) in [7, 11) is 0. The van der Waals surface area contributed by atoms with E-state index >= 15 is 0 Å². The van der Waals surface area contributed by atoms with E-state index in [0.717, 1.165) is 13.2 Å². The third-order valence-electron chi connectivity index (χ3n) is 7.19. The molecule has 1 heteroatoms. The van der Waals surface area contributed by atoms with Gasteiger partial charge >= 0.3 is 0 Å². The first kappa shape index (κ1) is 20.7. The van der Waals surface area contributed by atoms with Crippen molar-refractivity contribution in [3.8, 4) is 0 Å². The molecule has 2 aliphatic carbocycles. The molecule has 1 nitrogen and oxygen atoms in total. The number of fused-ring (bicyclic) bond motifs is 2. The van der Waals surface area contributed by atoms with Crippen molar-refractivity contribution in [1.29, 1.82) is 0 Å². The predicted molar refractivity (Wildman–Crippen MR) is 123 cm³/mol. The molecule has 0 atom stereocenters. The lowest BCUT2D eigenvalue weighted by molar-refractivity contribution is 0.0633. The van der Waals surface area contributed by atoms with E-state index in [1.165, 1.54) is 62.5 Å². The highest BCUT2D eigenvalue weighted by molar-refractivity contribution is 5.38. The van der Waals surface area contributed by atoms with Gasteiger partial charge in [-0.05, 0) is 84.7 Å². The third kappa shape index (κ3) is 4.61. The van der Waals surface area contributed by atoms with E-state index in [1.54, 1.807) is 22.3 Å². The molecule has 4 rings (SSSR count). The number of hydrogen-bond donors (Lipinski definition) is 0. The Hall–Kier alpha value is -1.60. The van der Waals surface area contributed by atoms with Crippen molar-refractivity contribution in [2.45, 2.75) is 89.9 Å². The van der Waals surface area contributed by atoms with Crippen molar-refractivity contribution in [2.75, 3.05) is 13.2 Å². The maximum Gasteiger partial charge on any atom is 0.0558 e. The van der Waals surface area contributed by atoms with Crippen molar-refractivity contribution in [1.82, 2.24) is 0 Å².